The Hall–Kier alpha value is -1.31. The SMILES string of the molecule is N=C1[C]Oc2ccccc21. The van der Waals surface area contributed by atoms with Crippen molar-refractivity contribution in [1.82, 2.24) is 0 Å². The molecule has 0 atom stereocenters. The van der Waals surface area contributed by atoms with Crippen LogP contribution in [0.15, 0.2) is 24.3 Å². The topological polar surface area (TPSA) is 33.1 Å². The van der Waals surface area contributed by atoms with Gasteiger partial charge >= 0.3 is 0 Å². The quantitative estimate of drug-likeness (QED) is 0.568. The fraction of sp³-hybridized carbons (Fsp3) is 0. The van der Waals surface area contributed by atoms with Crippen LogP contribution in [0.2, 0.25) is 0 Å². The first-order chi connectivity index (χ1) is 4.88. The number of hydrogen-bond acceptors (Lipinski definition) is 2. The second-order valence-electron chi connectivity index (χ2n) is 2.08. The van der Waals surface area contributed by atoms with Crippen molar-refractivity contribution in [3.63, 3.8) is 0 Å². The zero-order chi connectivity index (χ0) is 6.97. The summed E-state index contributed by atoms with van der Waals surface area (Å²) in [5, 5.41) is 7.29. The highest BCUT2D eigenvalue weighted by Crippen LogP contribution is 2.25. The highest BCUT2D eigenvalue weighted by Gasteiger charge is 2.17. The van der Waals surface area contributed by atoms with E-state index in [1.165, 1.54) is 0 Å². The summed E-state index contributed by atoms with van der Waals surface area (Å²) in [4.78, 5) is 0. The van der Waals surface area contributed by atoms with E-state index in [-0.39, 0.29) is 0 Å². The predicted molar refractivity (Wildman–Crippen MR) is 37.1 cm³/mol. The number of ether oxygens (including phenoxy) is 1. The van der Waals surface area contributed by atoms with Crippen LogP contribution in [0.4, 0.5) is 0 Å². The molecule has 2 radical (unpaired) electrons. The van der Waals surface area contributed by atoms with Gasteiger partial charge < -0.3 is 4.74 Å². The van der Waals surface area contributed by atoms with Gasteiger partial charge in [0.05, 0.1) is 5.71 Å². The maximum Gasteiger partial charge on any atom is 0.250 e. The van der Waals surface area contributed by atoms with Crippen LogP contribution in [-0.2, 0) is 0 Å². The molecule has 48 valence electrons. The molecule has 0 amide bonds. The lowest BCUT2D eigenvalue weighted by Crippen LogP contribution is -1.90. The Kier molecular flexibility index (Phi) is 1.01. The van der Waals surface area contributed by atoms with E-state index in [1.54, 1.807) is 0 Å². The van der Waals surface area contributed by atoms with E-state index in [0.29, 0.717) is 5.71 Å². The number of hydrogen-bond donors (Lipinski definition) is 1. The standard InChI is InChI=1S/C8H5NO/c9-7-5-10-8-4-2-1-3-6(7)8/h1-4,9H. The summed E-state index contributed by atoms with van der Waals surface area (Å²) in [6.07, 6.45) is 0. The van der Waals surface area contributed by atoms with Crippen molar-refractivity contribution < 1.29 is 4.74 Å². The highest BCUT2D eigenvalue weighted by atomic mass is 16.5. The summed E-state index contributed by atoms with van der Waals surface area (Å²) in [7, 11) is 0. The number of para-hydroxylation sites is 1. The minimum absolute atomic E-state index is 0.329. The van der Waals surface area contributed by atoms with Gasteiger partial charge in [0.1, 0.15) is 5.75 Å². The Labute approximate surface area is 59.0 Å². The van der Waals surface area contributed by atoms with Crippen molar-refractivity contribution in [3.8, 4) is 5.75 Å². The highest BCUT2D eigenvalue weighted by molar-refractivity contribution is 6.08. The Morgan fingerprint density at radius 3 is 2.90 bits per heavy atom. The van der Waals surface area contributed by atoms with Gasteiger partial charge in [0.15, 0.2) is 0 Å². The average molecular weight is 131 g/mol. The van der Waals surface area contributed by atoms with Gasteiger partial charge in [-0.2, -0.15) is 0 Å². The van der Waals surface area contributed by atoms with Gasteiger partial charge in [0.2, 0.25) is 6.61 Å². The molecule has 0 aliphatic carbocycles. The molecule has 0 bridgehead atoms. The van der Waals surface area contributed by atoms with Crippen molar-refractivity contribution in [2.24, 2.45) is 0 Å². The van der Waals surface area contributed by atoms with Crippen LogP contribution in [-0.4, -0.2) is 5.71 Å². The van der Waals surface area contributed by atoms with Crippen molar-refractivity contribution in [3.05, 3.63) is 36.4 Å². The molecule has 1 aliphatic rings. The number of fused-ring (bicyclic) bond motifs is 1. The monoisotopic (exact) mass is 131 g/mol. The fourth-order valence-electron chi connectivity index (χ4n) is 0.923. The molecule has 2 nitrogen and oxygen atoms in total. The molecule has 1 N–H and O–H groups in total. The summed E-state index contributed by atoms with van der Waals surface area (Å²) in [6, 6.07) is 7.42. The van der Waals surface area contributed by atoms with Gasteiger partial charge in [-0.15, -0.1) is 0 Å². The lowest BCUT2D eigenvalue weighted by atomic mass is 10.1. The van der Waals surface area contributed by atoms with Gasteiger partial charge in [0.25, 0.3) is 0 Å². The summed E-state index contributed by atoms with van der Waals surface area (Å²) in [5.41, 5.74) is 1.15. The van der Waals surface area contributed by atoms with Gasteiger partial charge in [-0.05, 0) is 12.1 Å². The van der Waals surface area contributed by atoms with E-state index in [1.807, 2.05) is 24.3 Å². The molecule has 1 aromatic carbocycles. The average Bonchev–Trinajstić information content (AvgIpc) is 2.34. The fourth-order valence-corrected chi connectivity index (χ4v) is 0.923. The Balaban J connectivity index is 2.61. The van der Waals surface area contributed by atoms with E-state index in [2.05, 4.69) is 6.61 Å². The minimum atomic E-state index is 0.329. The lowest BCUT2D eigenvalue weighted by Gasteiger charge is -1.92. The third-order valence-corrected chi connectivity index (χ3v) is 1.42. The summed E-state index contributed by atoms with van der Waals surface area (Å²) in [5.74, 6) is 0.729. The molecular weight excluding hydrogens is 126 g/mol. The second kappa shape index (κ2) is 1.84. The number of rotatable bonds is 0. The largest absolute Gasteiger partial charge is 0.470 e. The number of nitrogens with one attached hydrogen (secondary N) is 1. The van der Waals surface area contributed by atoms with Gasteiger partial charge in [0, 0.05) is 5.56 Å². The van der Waals surface area contributed by atoms with Crippen LogP contribution in [0.3, 0.4) is 0 Å². The van der Waals surface area contributed by atoms with Crippen LogP contribution < -0.4 is 4.74 Å². The van der Waals surface area contributed by atoms with Crippen molar-refractivity contribution >= 4 is 5.71 Å². The normalized spacial score (nSPS) is 14.6. The molecule has 2 rings (SSSR count). The molecule has 0 fully saturated rings. The molecule has 1 aromatic rings. The van der Waals surface area contributed by atoms with E-state index in [0.717, 1.165) is 11.3 Å². The lowest BCUT2D eigenvalue weighted by molar-refractivity contribution is 0.459. The van der Waals surface area contributed by atoms with E-state index < -0.39 is 0 Å². The first-order valence-electron chi connectivity index (χ1n) is 2.99. The second-order valence-corrected chi connectivity index (χ2v) is 2.08. The van der Waals surface area contributed by atoms with Gasteiger partial charge in [-0.25, -0.2) is 0 Å². The zero-order valence-electron chi connectivity index (χ0n) is 5.22. The molecule has 1 heterocycles. The third kappa shape index (κ3) is 0.620. The molecule has 0 spiro atoms. The first kappa shape index (κ1) is 5.47. The minimum Gasteiger partial charge on any atom is -0.470 e. The third-order valence-electron chi connectivity index (χ3n) is 1.42. The van der Waals surface area contributed by atoms with Crippen molar-refractivity contribution in [1.29, 1.82) is 5.41 Å². The van der Waals surface area contributed by atoms with Crippen LogP contribution in [0.25, 0.3) is 0 Å². The molecule has 0 aromatic heterocycles. The molecular formula is C8H5NO. The Morgan fingerprint density at radius 2 is 2.10 bits per heavy atom. The Morgan fingerprint density at radius 1 is 1.30 bits per heavy atom. The van der Waals surface area contributed by atoms with Crippen molar-refractivity contribution in [2.45, 2.75) is 0 Å². The molecule has 10 heavy (non-hydrogen) atoms. The van der Waals surface area contributed by atoms with Gasteiger partial charge in [-0.1, -0.05) is 12.1 Å². The zero-order valence-corrected chi connectivity index (χ0v) is 5.22. The summed E-state index contributed by atoms with van der Waals surface area (Å²) in [6.45, 7) is 2.47. The molecule has 0 unspecified atom stereocenters. The van der Waals surface area contributed by atoms with Crippen LogP contribution >= 0.6 is 0 Å². The van der Waals surface area contributed by atoms with E-state index in [4.69, 9.17) is 10.1 Å². The molecule has 0 saturated carbocycles. The van der Waals surface area contributed by atoms with Crippen molar-refractivity contribution in [2.75, 3.05) is 0 Å². The number of benzene rings is 1. The summed E-state index contributed by atoms with van der Waals surface area (Å²) >= 11 is 0. The summed E-state index contributed by atoms with van der Waals surface area (Å²) < 4.78 is 4.94. The predicted octanol–water partition coefficient (Wildman–Crippen LogP) is 1.49. The van der Waals surface area contributed by atoms with Crippen LogP contribution in [0, 0.1) is 12.0 Å². The van der Waals surface area contributed by atoms with E-state index in [9.17, 15) is 0 Å². The van der Waals surface area contributed by atoms with Gasteiger partial charge in [-0.3, -0.25) is 5.41 Å². The maximum absolute atomic E-state index is 7.29. The van der Waals surface area contributed by atoms with Crippen LogP contribution in [0.1, 0.15) is 5.56 Å². The molecule has 0 saturated heterocycles. The molecule has 2 heteroatoms. The molecule has 1 aliphatic heterocycles. The van der Waals surface area contributed by atoms with Crippen LogP contribution in [0.5, 0.6) is 5.75 Å². The maximum atomic E-state index is 7.29. The Bertz CT molecular complexity index is 280. The van der Waals surface area contributed by atoms with E-state index >= 15 is 0 Å². The first-order valence-corrected chi connectivity index (χ1v) is 2.99. The smallest absolute Gasteiger partial charge is 0.250 e.